The van der Waals surface area contributed by atoms with Gasteiger partial charge in [0.25, 0.3) is 15.9 Å². The second-order valence-corrected chi connectivity index (χ2v) is 9.33. The molecule has 1 unspecified atom stereocenters. The van der Waals surface area contributed by atoms with E-state index in [4.69, 9.17) is 0 Å². The molecule has 0 aliphatic carbocycles. The second-order valence-electron chi connectivity index (χ2n) is 7.45. The summed E-state index contributed by atoms with van der Waals surface area (Å²) in [5.41, 5.74) is 0.484. The number of sulfonamides is 1. The normalized spacial score (nSPS) is 16.0. The third-order valence-corrected chi connectivity index (χ3v) is 6.97. The zero-order valence-electron chi connectivity index (χ0n) is 16.6. The van der Waals surface area contributed by atoms with Crippen molar-refractivity contribution in [3.8, 4) is 0 Å². The highest BCUT2D eigenvalue weighted by Crippen LogP contribution is 2.33. The van der Waals surface area contributed by atoms with Crippen molar-refractivity contribution in [2.24, 2.45) is 13.0 Å². The summed E-state index contributed by atoms with van der Waals surface area (Å²) >= 11 is 0. The fourth-order valence-electron chi connectivity index (χ4n) is 3.56. The number of nitrogens with zero attached hydrogens (tertiary/aromatic N) is 3. The van der Waals surface area contributed by atoms with E-state index in [0.717, 1.165) is 17.7 Å². The minimum atomic E-state index is -3.74. The van der Waals surface area contributed by atoms with Crippen molar-refractivity contribution >= 4 is 15.9 Å². The molecule has 162 valence electrons. The molecule has 1 aliphatic heterocycles. The van der Waals surface area contributed by atoms with Crippen molar-refractivity contribution in [3.63, 3.8) is 0 Å². The molecule has 1 amide bonds. The Morgan fingerprint density at radius 3 is 2.48 bits per heavy atom. The SMILES string of the molecule is Cn1cnc(S(=O)(=O)N2CC(C(NC(=O)c3ccc(F)cc3F)c3ccccc3)C2)c1. The van der Waals surface area contributed by atoms with E-state index >= 15 is 0 Å². The number of imidazole rings is 1. The Hall–Kier alpha value is -3.11. The van der Waals surface area contributed by atoms with E-state index in [9.17, 15) is 22.0 Å². The number of hydrogen-bond donors (Lipinski definition) is 1. The molecule has 0 saturated carbocycles. The van der Waals surface area contributed by atoms with Crippen LogP contribution in [0.4, 0.5) is 8.78 Å². The van der Waals surface area contributed by atoms with Crippen LogP contribution in [0.15, 0.2) is 66.1 Å². The van der Waals surface area contributed by atoms with Crippen LogP contribution in [0.5, 0.6) is 0 Å². The molecule has 1 aromatic heterocycles. The maximum atomic E-state index is 14.1. The molecule has 1 fully saturated rings. The summed E-state index contributed by atoms with van der Waals surface area (Å²) in [7, 11) is -2.05. The minimum absolute atomic E-state index is 0.0397. The molecule has 1 aliphatic rings. The van der Waals surface area contributed by atoms with Gasteiger partial charge >= 0.3 is 0 Å². The number of amides is 1. The molecule has 3 aromatic rings. The van der Waals surface area contributed by atoms with Crippen LogP contribution in [-0.2, 0) is 17.1 Å². The Labute approximate surface area is 178 Å². The number of nitrogens with one attached hydrogen (secondary N) is 1. The summed E-state index contributed by atoms with van der Waals surface area (Å²) in [6.45, 7) is 0.343. The number of halogens is 2. The van der Waals surface area contributed by atoms with Gasteiger partial charge in [0.1, 0.15) is 11.6 Å². The Morgan fingerprint density at radius 1 is 1.16 bits per heavy atom. The van der Waals surface area contributed by atoms with E-state index < -0.39 is 33.6 Å². The maximum absolute atomic E-state index is 14.1. The first kappa shape index (κ1) is 21.1. The van der Waals surface area contributed by atoms with E-state index in [1.807, 2.05) is 18.2 Å². The summed E-state index contributed by atoms with van der Waals surface area (Å²) in [6.07, 6.45) is 2.84. The summed E-state index contributed by atoms with van der Waals surface area (Å²) in [5.74, 6) is -2.66. The Balaban J connectivity index is 1.54. The van der Waals surface area contributed by atoms with Crippen LogP contribution in [0.2, 0.25) is 0 Å². The van der Waals surface area contributed by atoms with E-state index in [1.165, 1.54) is 16.8 Å². The number of aryl methyl sites for hydroxylation is 1. The van der Waals surface area contributed by atoms with Gasteiger partial charge in [-0.2, -0.15) is 4.31 Å². The lowest BCUT2D eigenvalue weighted by molar-refractivity contribution is 0.0867. The quantitative estimate of drug-likeness (QED) is 0.631. The van der Waals surface area contributed by atoms with Crippen LogP contribution < -0.4 is 5.32 Å². The number of hydrogen-bond acceptors (Lipinski definition) is 4. The lowest BCUT2D eigenvalue weighted by Gasteiger charge is -2.42. The van der Waals surface area contributed by atoms with Crippen LogP contribution in [0.3, 0.4) is 0 Å². The van der Waals surface area contributed by atoms with E-state index in [0.29, 0.717) is 6.07 Å². The van der Waals surface area contributed by atoms with Crippen molar-refractivity contribution < 1.29 is 22.0 Å². The van der Waals surface area contributed by atoms with Gasteiger partial charge in [0, 0.05) is 38.3 Å². The van der Waals surface area contributed by atoms with Crippen LogP contribution in [0.25, 0.3) is 0 Å². The number of aromatic nitrogens is 2. The number of benzene rings is 2. The lowest BCUT2D eigenvalue weighted by Crippen LogP contribution is -2.54. The van der Waals surface area contributed by atoms with Crippen molar-refractivity contribution in [2.75, 3.05) is 13.1 Å². The predicted molar refractivity (Wildman–Crippen MR) is 108 cm³/mol. The minimum Gasteiger partial charge on any atom is -0.345 e. The van der Waals surface area contributed by atoms with Crippen molar-refractivity contribution in [1.82, 2.24) is 19.2 Å². The maximum Gasteiger partial charge on any atom is 0.262 e. The van der Waals surface area contributed by atoms with Crippen LogP contribution in [-0.4, -0.2) is 41.3 Å². The number of rotatable bonds is 6. The molecule has 31 heavy (non-hydrogen) atoms. The third kappa shape index (κ3) is 4.21. The number of carbonyl (C=O) groups excluding carboxylic acids is 1. The average molecular weight is 446 g/mol. The standard InChI is InChI=1S/C21H20F2N4O3S/c1-26-12-19(24-13-26)31(29,30)27-10-15(11-27)20(14-5-3-2-4-6-14)25-21(28)17-8-7-16(22)9-18(17)23/h2-9,12-13,15,20H,10-11H2,1H3,(H,25,28). The molecule has 0 bridgehead atoms. The smallest absolute Gasteiger partial charge is 0.262 e. The Morgan fingerprint density at radius 2 is 1.87 bits per heavy atom. The van der Waals surface area contributed by atoms with Gasteiger partial charge in [0.05, 0.1) is 17.9 Å². The molecule has 7 nitrogen and oxygen atoms in total. The van der Waals surface area contributed by atoms with Crippen molar-refractivity contribution in [3.05, 3.63) is 83.8 Å². The second kappa shape index (κ2) is 8.20. The summed E-state index contributed by atoms with van der Waals surface area (Å²) in [4.78, 5) is 16.6. The van der Waals surface area contributed by atoms with Crippen molar-refractivity contribution in [1.29, 1.82) is 0 Å². The first-order valence-electron chi connectivity index (χ1n) is 9.54. The largest absolute Gasteiger partial charge is 0.345 e. The molecule has 0 spiro atoms. The first-order chi connectivity index (χ1) is 14.8. The molecule has 1 atom stereocenters. The molecule has 4 rings (SSSR count). The highest BCUT2D eigenvalue weighted by Gasteiger charge is 2.42. The highest BCUT2D eigenvalue weighted by molar-refractivity contribution is 7.89. The van der Waals surface area contributed by atoms with Gasteiger partial charge in [-0.3, -0.25) is 4.79 Å². The highest BCUT2D eigenvalue weighted by atomic mass is 32.2. The van der Waals surface area contributed by atoms with E-state index in [1.54, 1.807) is 23.7 Å². The zero-order chi connectivity index (χ0) is 22.2. The lowest BCUT2D eigenvalue weighted by atomic mass is 9.88. The van der Waals surface area contributed by atoms with Gasteiger partial charge < -0.3 is 9.88 Å². The topological polar surface area (TPSA) is 84.3 Å². The average Bonchev–Trinajstić information content (AvgIpc) is 3.14. The molecular weight excluding hydrogens is 426 g/mol. The molecule has 1 N–H and O–H groups in total. The molecular formula is C21H20F2N4O3S. The van der Waals surface area contributed by atoms with Crippen LogP contribution in [0.1, 0.15) is 22.0 Å². The van der Waals surface area contributed by atoms with Gasteiger partial charge in [-0.05, 0) is 17.7 Å². The Bertz CT molecular complexity index is 1210. The zero-order valence-corrected chi connectivity index (χ0v) is 17.4. The molecule has 2 heterocycles. The fourth-order valence-corrected chi connectivity index (χ4v) is 5.08. The molecule has 0 radical (unpaired) electrons. The fraction of sp³-hybridized carbons (Fsp3) is 0.238. The third-order valence-electron chi connectivity index (χ3n) is 5.25. The predicted octanol–water partition coefficient (Wildman–Crippen LogP) is 2.49. The van der Waals surface area contributed by atoms with Gasteiger partial charge in [-0.1, -0.05) is 30.3 Å². The summed E-state index contributed by atoms with van der Waals surface area (Å²) in [5, 5.41) is 2.75. The first-order valence-corrected chi connectivity index (χ1v) is 11.0. The monoisotopic (exact) mass is 446 g/mol. The van der Waals surface area contributed by atoms with Crippen LogP contribution in [0, 0.1) is 17.6 Å². The van der Waals surface area contributed by atoms with Gasteiger partial charge in [0.2, 0.25) is 0 Å². The van der Waals surface area contributed by atoms with Crippen molar-refractivity contribution in [2.45, 2.75) is 11.1 Å². The molecule has 10 heteroatoms. The van der Waals surface area contributed by atoms with E-state index in [-0.39, 0.29) is 29.6 Å². The number of carbonyl (C=O) groups is 1. The van der Waals surface area contributed by atoms with E-state index in [2.05, 4.69) is 10.3 Å². The van der Waals surface area contributed by atoms with Gasteiger partial charge in [-0.25, -0.2) is 22.2 Å². The van der Waals surface area contributed by atoms with Gasteiger partial charge in [-0.15, -0.1) is 0 Å². The molecule has 1 saturated heterocycles. The van der Waals surface area contributed by atoms with Gasteiger partial charge in [0.15, 0.2) is 5.03 Å². The summed E-state index contributed by atoms with van der Waals surface area (Å²) < 4.78 is 55.6. The summed E-state index contributed by atoms with van der Waals surface area (Å²) in [6, 6.07) is 11.2. The van der Waals surface area contributed by atoms with Crippen LogP contribution >= 0.6 is 0 Å². The molecule has 2 aromatic carbocycles. The Kier molecular flexibility index (Phi) is 5.59.